The molecule has 1 fully saturated rings. The van der Waals surface area contributed by atoms with Crippen molar-refractivity contribution in [3.05, 3.63) is 18.0 Å². The van der Waals surface area contributed by atoms with Gasteiger partial charge in [-0.15, -0.1) is 0 Å². The van der Waals surface area contributed by atoms with Crippen LogP contribution in [0.1, 0.15) is 37.3 Å². The molecule has 1 heterocycles. The van der Waals surface area contributed by atoms with Crippen molar-refractivity contribution in [2.45, 2.75) is 43.9 Å². The molecule has 1 aromatic heterocycles. The Labute approximate surface area is 109 Å². The highest BCUT2D eigenvalue weighted by Crippen LogP contribution is 2.28. The Kier molecular flexibility index (Phi) is 4.37. The molecular weight excluding hydrogens is 228 g/mol. The third-order valence-electron chi connectivity index (χ3n) is 4.04. The van der Waals surface area contributed by atoms with Gasteiger partial charge >= 0.3 is 0 Å². The number of nitrogens with zero attached hydrogens (tertiary/aromatic N) is 3. The van der Waals surface area contributed by atoms with Gasteiger partial charge in [0, 0.05) is 31.4 Å². The first-order valence-corrected chi connectivity index (χ1v) is 6.72. The molecular formula is C13H24N4O. The summed E-state index contributed by atoms with van der Waals surface area (Å²) in [6, 6.07) is 0.351. The first-order chi connectivity index (χ1) is 8.63. The molecule has 0 aromatic carbocycles. The van der Waals surface area contributed by atoms with E-state index in [0.29, 0.717) is 6.54 Å². The number of aromatic nitrogens is 2. The Morgan fingerprint density at radius 2 is 2.28 bits per heavy atom. The minimum absolute atomic E-state index is 0.136. The van der Waals surface area contributed by atoms with Crippen LogP contribution in [0.4, 0.5) is 0 Å². The molecule has 5 heteroatoms. The van der Waals surface area contributed by atoms with Crippen molar-refractivity contribution in [1.82, 2.24) is 14.7 Å². The Morgan fingerprint density at radius 3 is 2.83 bits per heavy atom. The van der Waals surface area contributed by atoms with Gasteiger partial charge in [0.05, 0.1) is 18.3 Å². The summed E-state index contributed by atoms with van der Waals surface area (Å²) in [5.41, 5.74) is 7.03. The maximum absolute atomic E-state index is 10.1. The van der Waals surface area contributed by atoms with Crippen LogP contribution in [0, 0.1) is 0 Å². The summed E-state index contributed by atoms with van der Waals surface area (Å²) >= 11 is 0. The first-order valence-electron chi connectivity index (χ1n) is 6.72. The van der Waals surface area contributed by atoms with Crippen LogP contribution < -0.4 is 5.73 Å². The molecule has 18 heavy (non-hydrogen) atoms. The van der Waals surface area contributed by atoms with Gasteiger partial charge in [-0.25, -0.2) is 0 Å². The molecule has 0 bridgehead atoms. The van der Waals surface area contributed by atoms with Crippen LogP contribution >= 0.6 is 0 Å². The minimum atomic E-state index is -0.227. The molecule has 1 aliphatic rings. The standard InChI is InChI=1S/C13H24N4O/c1-16-9-10(8-15-16)12(7-14)17(2)11-5-3-4-6-13(11)18/h8-9,11-13,18H,3-7,14H2,1-2H3. The second kappa shape index (κ2) is 5.82. The zero-order chi connectivity index (χ0) is 13.1. The van der Waals surface area contributed by atoms with Crippen molar-refractivity contribution in [3.8, 4) is 0 Å². The molecule has 0 saturated heterocycles. The Morgan fingerprint density at radius 1 is 1.56 bits per heavy atom. The molecule has 3 unspecified atom stereocenters. The molecule has 2 rings (SSSR count). The van der Waals surface area contributed by atoms with Crippen LogP contribution in [0.3, 0.4) is 0 Å². The molecule has 0 spiro atoms. The molecule has 1 saturated carbocycles. The topological polar surface area (TPSA) is 67.3 Å². The fraction of sp³-hybridized carbons (Fsp3) is 0.769. The zero-order valence-corrected chi connectivity index (χ0v) is 11.3. The van der Waals surface area contributed by atoms with Gasteiger partial charge < -0.3 is 10.8 Å². The molecule has 3 N–H and O–H groups in total. The summed E-state index contributed by atoms with van der Waals surface area (Å²) in [6.07, 6.45) is 7.91. The molecule has 0 amide bonds. The monoisotopic (exact) mass is 252 g/mol. The van der Waals surface area contributed by atoms with Crippen molar-refractivity contribution in [1.29, 1.82) is 0 Å². The van der Waals surface area contributed by atoms with Gasteiger partial charge in [0.25, 0.3) is 0 Å². The predicted octanol–water partition coefficient (Wildman–Crippen LogP) is 0.655. The molecule has 5 nitrogen and oxygen atoms in total. The second-order valence-corrected chi connectivity index (χ2v) is 5.28. The van der Waals surface area contributed by atoms with Gasteiger partial charge in [0.15, 0.2) is 0 Å². The summed E-state index contributed by atoms with van der Waals surface area (Å²) < 4.78 is 1.79. The van der Waals surface area contributed by atoms with Gasteiger partial charge in [-0.2, -0.15) is 5.10 Å². The Hall–Kier alpha value is -0.910. The van der Waals surface area contributed by atoms with Gasteiger partial charge in [0.1, 0.15) is 0 Å². The number of aliphatic hydroxyl groups is 1. The van der Waals surface area contributed by atoms with Crippen LogP contribution in [0.5, 0.6) is 0 Å². The van der Waals surface area contributed by atoms with E-state index in [0.717, 1.165) is 24.8 Å². The fourth-order valence-corrected chi connectivity index (χ4v) is 2.95. The van der Waals surface area contributed by atoms with Gasteiger partial charge in [-0.05, 0) is 19.9 Å². The normalized spacial score (nSPS) is 26.5. The Bertz CT molecular complexity index is 379. The van der Waals surface area contributed by atoms with E-state index in [2.05, 4.69) is 17.0 Å². The lowest BCUT2D eigenvalue weighted by Gasteiger charge is -2.39. The molecule has 1 aliphatic carbocycles. The lowest BCUT2D eigenvalue weighted by atomic mass is 9.90. The van der Waals surface area contributed by atoms with E-state index < -0.39 is 0 Å². The maximum Gasteiger partial charge on any atom is 0.0695 e. The lowest BCUT2D eigenvalue weighted by molar-refractivity contribution is 0.0137. The number of nitrogens with two attached hydrogens (primary N) is 1. The van der Waals surface area contributed by atoms with E-state index in [4.69, 9.17) is 5.73 Å². The minimum Gasteiger partial charge on any atom is -0.391 e. The SMILES string of the molecule is CN(C(CN)c1cnn(C)c1)C1CCCCC1O. The number of likely N-dealkylation sites (N-methyl/N-ethyl adjacent to an activating group) is 1. The summed E-state index contributed by atoms with van der Waals surface area (Å²) in [5, 5.41) is 14.3. The summed E-state index contributed by atoms with van der Waals surface area (Å²) in [6.45, 7) is 0.547. The van der Waals surface area contributed by atoms with E-state index in [1.54, 1.807) is 4.68 Å². The van der Waals surface area contributed by atoms with Crippen molar-refractivity contribution in [2.24, 2.45) is 12.8 Å². The van der Waals surface area contributed by atoms with Crippen LogP contribution in [0.2, 0.25) is 0 Å². The van der Waals surface area contributed by atoms with Crippen LogP contribution in [-0.4, -0.2) is 45.5 Å². The van der Waals surface area contributed by atoms with E-state index in [1.165, 1.54) is 6.42 Å². The largest absolute Gasteiger partial charge is 0.391 e. The molecule has 1 aromatic rings. The Balaban J connectivity index is 2.11. The van der Waals surface area contributed by atoms with E-state index >= 15 is 0 Å². The van der Waals surface area contributed by atoms with E-state index in [9.17, 15) is 5.11 Å². The highest BCUT2D eigenvalue weighted by atomic mass is 16.3. The maximum atomic E-state index is 10.1. The van der Waals surface area contributed by atoms with Crippen molar-refractivity contribution in [2.75, 3.05) is 13.6 Å². The van der Waals surface area contributed by atoms with Crippen LogP contribution in [-0.2, 0) is 7.05 Å². The third kappa shape index (κ3) is 2.74. The van der Waals surface area contributed by atoms with E-state index in [1.807, 2.05) is 19.4 Å². The second-order valence-electron chi connectivity index (χ2n) is 5.28. The average Bonchev–Trinajstić information content (AvgIpc) is 2.77. The molecule has 3 atom stereocenters. The van der Waals surface area contributed by atoms with Crippen molar-refractivity contribution in [3.63, 3.8) is 0 Å². The molecule has 102 valence electrons. The molecule has 0 aliphatic heterocycles. The van der Waals surface area contributed by atoms with Gasteiger partial charge in [0.2, 0.25) is 0 Å². The zero-order valence-electron chi connectivity index (χ0n) is 11.3. The van der Waals surface area contributed by atoms with Gasteiger partial charge in [-0.3, -0.25) is 9.58 Å². The summed E-state index contributed by atoms with van der Waals surface area (Å²) in [4.78, 5) is 2.22. The van der Waals surface area contributed by atoms with Crippen LogP contribution in [0.15, 0.2) is 12.4 Å². The average molecular weight is 252 g/mol. The van der Waals surface area contributed by atoms with Gasteiger partial charge in [-0.1, -0.05) is 12.8 Å². The highest BCUT2D eigenvalue weighted by Gasteiger charge is 2.31. The number of aryl methyl sites for hydroxylation is 1. The van der Waals surface area contributed by atoms with Crippen LogP contribution in [0.25, 0.3) is 0 Å². The smallest absolute Gasteiger partial charge is 0.0695 e. The number of rotatable bonds is 4. The van der Waals surface area contributed by atoms with Crippen molar-refractivity contribution >= 4 is 0 Å². The summed E-state index contributed by atoms with van der Waals surface area (Å²) in [5.74, 6) is 0. The fourth-order valence-electron chi connectivity index (χ4n) is 2.95. The quantitative estimate of drug-likeness (QED) is 0.826. The number of aliphatic hydroxyl groups excluding tert-OH is 1. The predicted molar refractivity (Wildman–Crippen MR) is 71.0 cm³/mol. The molecule has 0 radical (unpaired) electrons. The van der Waals surface area contributed by atoms with Crippen molar-refractivity contribution < 1.29 is 5.11 Å². The summed E-state index contributed by atoms with van der Waals surface area (Å²) in [7, 11) is 3.97. The third-order valence-corrected chi connectivity index (χ3v) is 4.04. The number of hydrogen-bond acceptors (Lipinski definition) is 4. The lowest BCUT2D eigenvalue weighted by Crippen LogP contribution is -2.46. The number of hydrogen-bond donors (Lipinski definition) is 2. The highest BCUT2D eigenvalue weighted by molar-refractivity contribution is 5.11. The first kappa shape index (κ1) is 13.5. The van der Waals surface area contributed by atoms with E-state index in [-0.39, 0.29) is 18.2 Å².